The van der Waals surface area contributed by atoms with E-state index >= 15 is 0 Å². The maximum Gasteiger partial charge on any atom is 0.284 e. The van der Waals surface area contributed by atoms with E-state index in [1.165, 1.54) is 6.21 Å². The fraction of sp³-hybridized carbons (Fsp3) is 0.133. The summed E-state index contributed by atoms with van der Waals surface area (Å²) in [6.45, 7) is 0.160. The molecule has 106 valence electrons. The molecule has 0 fully saturated rings. The molecule has 21 heavy (non-hydrogen) atoms. The number of ether oxygens (including phenoxy) is 2. The maximum absolute atomic E-state index is 12.0. The van der Waals surface area contributed by atoms with Crippen molar-refractivity contribution in [2.45, 2.75) is 6.10 Å². The molecule has 6 heteroatoms. The summed E-state index contributed by atoms with van der Waals surface area (Å²) in [5.41, 5.74) is 3.28. The summed E-state index contributed by atoms with van der Waals surface area (Å²) in [5.74, 6) is 0.846. The zero-order valence-corrected chi connectivity index (χ0v) is 11.1. The first-order valence-corrected chi connectivity index (χ1v) is 6.44. The Morgan fingerprint density at radius 2 is 2.00 bits per heavy atom. The average Bonchev–Trinajstić information content (AvgIpc) is 2.55. The number of hydrazone groups is 1. The van der Waals surface area contributed by atoms with Crippen LogP contribution in [0.3, 0.4) is 0 Å². The van der Waals surface area contributed by atoms with Crippen LogP contribution < -0.4 is 14.9 Å². The first kappa shape index (κ1) is 13.1. The second-order valence-electron chi connectivity index (χ2n) is 4.38. The lowest BCUT2D eigenvalue weighted by atomic mass is 10.2. The third-order valence-corrected chi connectivity index (χ3v) is 2.90. The lowest BCUT2D eigenvalue weighted by molar-refractivity contribution is -0.130. The number of nitrogens with zero attached hydrogens (tertiary/aromatic N) is 2. The molecule has 1 aromatic carbocycles. The predicted molar refractivity (Wildman–Crippen MR) is 76.3 cm³/mol. The van der Waals surface area contributed by atoms with Gasteiger partial charge in [-0.2, -0.15) is 5.10 Å². The van der Waals surface area contributed by atoms with Gasteiger partial charge in [-0.05, 0) is 29.8 Å². The number of hydrogen-bond acceptors (Lipinski definition) is 5. The third kappa shape index (κ3) is 3.17. The van der Waals surface area contributed by atoms with E-state index in [0.29, 0.717) is 11.5 Å². The van der Waals surface area contributed by atoms with Crippen molar-refractivity contribution in [3.8, 4) is 11.5 Å². The second kappa shape index (κ2) is 6.04. The molecule has 1 atom stereocenters. The Kier molecular flexibility index (Phi) is 3.77. The van der Waals surface area contributed by atoms with Crippen molar-refractivity contribution in [1.82, 2.24) is 10.4 Å². The van der Waals surface area contributed by atoms with E-state index in [-0.39, 0.29) is 12.5 Å². The van der Waals surface area contributed by atoms with Gasteiger partial charge in [-0.15, -0.1) is 0 Å². The highest BCUT2D eigenvalue weighted by atomic mass is 16.6. The number of amides is 1. The molecule has 3 rings (SSSR count). The van der Waals surface area contributed by atoms with E-state index in [1.807, 2.05) is 12.1 Å². The summed E-state index contributed by atoms with van der Waals surface area (Å²) in [5, 5.41) is 3.88. The van der Waals surface area contributed by atoms with E-state index in [1.54, 1.807) is 36.7 Å². The van der Waals surface area contributed by atoms with Gasteiger partial charge in [0, 0.05) is 12.4 Å². The molecule has 0 aliphatic carbocycles. The minimum absolute atomic E-state index is 0.160. The molecular formula is C15H13N3O3. The number of carbonyl (C=O) groups excluding carboxylic acids is 1. The van der Waals surface area contributed by atoms with Crippen LogP contribution in [0.2, 0.25) is 0 Å². The van der Waals surface area contributed by atoms with Gasteiger partial charge in [0.2, 0.25) is 6.10 Å². The molecule has 0 saturated carbocycles. The van der Waals surface area contributed by atoms with Gasteiger partial charge in [0.15, 0.2) is 11.5 Å². The first-order valence-electron chi connectivity index (χ1n) is 6.44. The fourth-order valence-electron chi connectivity index (χ4n) is 1.84. The van der Waals surface area contributed by atoms with Crippen molar-refractivity contribution in [1.29, 1.82) is 0 Å². The molecule has 1 amide bonds. The molecule has 0 radical (unpaired) electrons. The molecule has 0 unspecified atom stereocenters. The van der Waals surface area contributed by atoms with E-state index in [0.717, 1.165) is 5.56 Å². The lowest BCUT2D eigenvalue weighted by Crippen LogP contribution is -2.42. The van der Waals surface area contributed by atoms with Gasteiger partial charge in [0.05, 0.1) is 6.21 Å². The molecule has 1 aliphatic heterocycles. The minimum atomic E-state index is -0.713. The number of fused-ring (bicyclic) bond motifs is 1. The normalized spacial score (nSPS) is 16.7. The Balaban J connectivity index is 1.59. The van der Waals surface area contributed by atoms with Gasteiger partial charge < -0.3 is 9.47 Å². The van der Waals surface area contributed by atoms with Crippen LogP contribution in [0.15, 0.2) is 53.9 Å². The van der Waals surface area contributed by atoms with E-state index in [4.69, 9.17) is 9.47 Å². The van der Waals surface area contributed by atoms with Gasteiger partial charge in [0.1, 0.15) is 6.61 Å². The zero-order valence-electron chi connectivity index (χ0n) is 11.1. The summed E-state index contributed by atoms with van der Waals surface area (Å²) >= 11 is 0. The Hall–Kier alpha value is -2.89. The summed E-state index contributed by atoms with van der Waals surface area (Å²) in [6.07, 6.45) is 4.13. The number of pyridine rings is 1. The average molecular weight is 283 g/mol. The van der Waals surface area contributed by atoms with Crippen LogP contribution in [0, 0.1) is 0 Å². The summed E-state index contributed by atoms with van der Waals surface area (Å²) in [4.78, 5) is 15.9. The SMILES string of the molecule is O=C(N/N=C/c1ccncc1)[C@@H]1COc2ccccc2O1. The highest BCUT2D eigenvalue weighted by Gasteiger charge is 2.26. The van der Waals surface area contributed by atoms with Crippen LogP contribution in [-0.2, 0) is 4.79 Å². The largest absolute Gasteiger partial charge is 0.485 e. The number of rotatable bonds is 3. The van der Waals surface area contributed by atoms with Crippen LogP contribution in [0.25, 0.3) is 0 Å². The van der Waals surface area contributed by atoms with Crippen molar-refractivity contribution in [3.05, 3.63) is 54.4 Å². The highest BCUT2D eigenvalue weighted by molar-refractivity contribution is 5.84. The quantitative estimate of drug-likeness (QED) is 0.682. The van der Waals surface area contributed by atoms with Crippen molar-refractivity contribution in [2.24, 2.45) is 5.10 Å². The van der Waals surface area contributed by atoms with Gasteiger partial charge in [-0.1, -0.05) is 12.1 Å². The third-order valence-electron chi connectivity index (χ3n) is 2.90. The van der Waals surface area contributed by atoms with Crippen LogP contribution in [0.1, 0.15) is 5.56 Å². The molecule has 1 N–H and O–H groups in total. The highest BCUT2D eigenvalue weighted by Crippen LogP contribution is 2.30. The van der Waals surface area contributed by atoms with Crippen molar-refractivity contribution < 1.29 is 14.3 Å². The molecule has 1 aromatic heterocycles. The van der Waals surface area contributed by atoms with Crippen LogP contribution in [0.4, 0.5) is 0 Å². The molecule has 0 bridgehead atoms. The van der Waals surface area contributed by atoms with Crippen LogP contribution in [0.5, 0.6) is 11.5 Å². The number of carbonyl (C=O) groups is 1. The van der Waals surface area contributed by atoms with Gasteiger partial charge >= 0.3 is 0 Å². The Labute approximate surface area is 121 Å². The zero-order chi connectivity index (χ0) is 14.5. The number of aromatic nitrogens is 1. The van der Waals surface area contributed by atoms with E-state index in [9.17, 15) is 4.79 Å². The Morgan fingerprint density at radius 1 is 1.24 bits per heavy atom. The topological polar surface area (TPSA) is 72.8 Å². The first-order chi connectivity index (χ1) is 10.3. The summed E-state index contributed by atoms with van der Waals surface area (Å²) in [7, 11) is 0. The number of benzene rings is 1. The second-order valence-corrected chi connectivity index (χ2v) is 4.38. The molecular weight excluding hydrogens is 270 g/mol. The molecule has 1 aliphatic rings. The molecule has 0 spiro atoms. The van der Waals surface area contributed by atoms with Crippen LogP contribution in [-0.4, -0.2) is 29.8 Å². The van der Waals surface area contributed by atoms with Gasteiger partial charge in [0.25, 0.3) is 5.91 Å². The summed E-state index contributed by atoms with van der Waals surface area (Å²) < 4.78 is 11.1. The minimum Gasteiger partial charge on any atom is -0.485 e. The number of para-hydroxylation sites is 2. The standard InChI is InChI=1S/C15H13N3O3/c19-15(18-17-9-11-5-7-16-8-6-11)14-10-20-12-3-1-2-4-13(12)21-14/h1-9,14H,10H2,(H,18,19)/b17-9+/t14-/m0/s1. The molecule has 2 heterocycles. The Morgan fingerprint density at radius 3 is 2.81 bits per heavy atom. The monoisotopic (exact) mass is 283 g/mol. The van der Waals surface area contributed by atoms with Gasteiger partial charge in [-0.3, -0.25) is 9.78 Å². The lowest BCUT2D eigenvalue weighted by Gasteiger charge is -2.24. The molecule has 0 saturated heterocycles. The summed E-state index contributed by atoms with van der Waals surface area (Å²) in [6, 6.07) is 10.8. The van der Waals surface area contributed by atoms with Crippen molar-refractivity contribution in [2.75, 3.05) is 6.61 Å². The maximum atomic E-state index is 12.0. The van der Waals surface area contributed by atoms with Gasteiger partial charge in [-0.25, -0.2) is 5.43 Å². The molecule has 6 nitrogen and oxygen atoms in total. The smallest absolute Gasteiger partial charge is 0.284 e. The number of nitrogens with one attached hydrogen (secondary N) is 1. The Bertz CT molecular complexity index is 658. The van der Waals surface area contributed by atoms with E-state index < -0.39 is 6.10 Å². The molecule has 2 aromatic rings. The van der Waals surface area contributed by atoms with Crippen molar-refractivity contribution >= 4 is 12.1 Å². The fourth-order valence-corrected chi connectivity index (χ4v) is 1.84. The number of hydrogen-bond donors (Lipinski definition) is 1. The van der Waals surface area contributed by atoms with E-state index in [2.05, 4.69) is 15.5 Å². The van der Waals surface area contributed by atoms with Crippen LogP contribution >= 0.6 is 0 Å². The predicted octanol–water partition coefficient (Wildman–Crippen LogP) is 1.37. The van der Waals surface area contributed by atoms with Crippen molar-refractivity contribution in [3.63, 3.8) is 0 Å².